The lowest BCUT2D eigenvalue weighted by Crippen LogP contribution is -2.49. The fourth-order valence-electron chi connectivity index (χ4n) is 3.28. The van der Waals surface area contributed by atoms with Crippen molar-refractivity contribution in [2.45, 2.75) is 5.92 Å². The van der Waals surface area contributed by atoms with Crippen molar-refractivity contribution in [3.05, 3.63) is 60.2 Å². The maximum Gasteiger partial charge on any atom is 0.253 e. The van der Waals surface area contributed by atoms with E-state index in [0.29, 0.717) is 18.9 Å². The van der Waals surface area contributed by atoms with Gasteiger partial charge in [0.25, 0.3) is 5.91 Å². The summed E-state index contributed by atoms with van der Waals surface area (Å²) in [6.45, 7) is 1.32. The van der Waals surface area contributed by atoms with Gasteiger partial charge in [-0.1, -0.05) is 6.07 Å². The summed E-state index contributed by atoms with van der Waals surface area (Å²) in [6.07, 6.45) is 3.47. The zero-order valence-corrected chi connectivity index (χ0v) is 15.7. The summed E-state index contributed by atoms with van der Waals surface area (Å²) in [4.78, 5) is 25.3. The molecule has 1 aliphatic rings. The number of amides is 1. The van der Waals surface area contributed by atoms with E-state index in [1.807, 2.05) is 72.0 Å². The third kappa shape index (κ3) is 3.28. The number of aromatic nitrogens is 4. The Kier molecular flexibility index (Phi) is 4.35. The van der Waals surface area contributed by atoms with Gasteiger partial charge in [-0.15, -0.1) is 0 Å². The number of rotatable bonds is 4. The summed E-state index contributed by atoms with van der Waals surface area (Å²) in [6, 6.07) is 11.5. The molecule has 4 rings (SSSR count). The number of benzene rings is 1. The molecule has 1 amide bonds. The molecule has 7 heteroatoms. The van der Waals surface area contributed by atoms with Crippen molar-refractivity contribution in [1.29, 1.82) is 0 Å². The van der Waals surface area contributed by atoms with Gasteiger partial charge >= 0.3 is 0 Å². The number of anilines is 1. The smallest absolute Gasteiger partial charge is 0.253 e. The first-order valence-corrected chi connectivity index (χ1v) is 8.91. The van der Waals surface area contributed by atoms with Crippen LogP contribution in [0.3, 0.4) is 0 Å². The first-order chi connectivity index (χ1) is 13.0. The first kappa shape index (κ1) is 17.2. The summed E-state index contributed by atoms with van der Waals surface area (Å²) in [7, 11) is 5.84. The maximum absolute atomic E-state index is 12.7. The van der Waals surface area contributed by atoms with E-state index in [-0.39, 0.29) is 11.8 Å². The Morgan fingerprint density at radius 3 is 2.59 bits per heavy atom. The van der Waals surface area contributed by atoms with E-state index < -0.39 is 0 Å². The van der Waals surface area contributed by atoms with Crippen LogP contribution >= 0.6 is 0 Å². The Morgan fingerprint density at radius 1 is 1.15 bits per heavy atom. The average Bonchev–Trinajstić information content (AvgIpc) is 3.03. The lowest BCUT2D eigenvalue weighted by atomic mass is 9.97. The fourth-order valence-corrected chi connectivity index (χ4v) is 3.28. The molecular formula is C20H22N6O. The largest absolute Gasteiger partial charge is 0.378 e. The van der Waals surface area contributed by atoms with Crippen LogP contribution in [0.2, 0.25) is 0 Å². The van der Waals surface area contributed by atoms with Crippen molar-refractivity contribution in [3.63, 3.8) is 0 Å². The van der Waals surface area contributed by atoms with Crippen molar-refractivity contribution in [3.8, 4) is 11.4 Å². The molecule has 3 heterocycles. The van der Waals surface area contributed by atoms with E-state index in [4.69, 9.17) is 0 Å². The van der Waals surface area contributed by atoms with E-state index in [9.17, 15) is 4.79 Å². The highest BCUT2D eigenvalue weighted by Crippen LogP contribution is 2.29. The van der Waals surface area contributed by atoms with Gasteiger partial charge in [-0.3, -0.25) is 14.5 Å². The van der Waals surface area contributed by atoms with Gasteiger partial charge in [0.1, 0.15) is 5.82 Å². The molecule has 0 N–H and O–H groups in total. The predicted octanol–water partition coefficient (Wildman–Crippen LogP) is 2.18. The zero-order valence-electron chi connectivity index (χ0n) is 15.7. The number of aryl methyl sites for hydroxylation is 1. The average molecular weight is 362 g/mol. The number of pyridine rings is 1. The van der Waals surface area contributed by atoms with Gasteiger partial charge in [0.2, 0.25) is 0 Å². The van der Waals surface area contributed by atoms with E-state index in [1.54, 1.807) is 12.4 Å². The second-order valence-corrected chi connectivity index (χ2v) is 7.00. The summed E-state index contributed by atoms with van der Waals surface area (Å²) in [5.74, 6) is 1.87. The Morgan fingerprint density at radius 2 is 1.89 bits per heavy atom. The predicted molar refractivity (Wildman–Crippen MR) is 104 cm³/mol. The second kappa shape index (κ2) is 6.83. The van der Waals surface area contributed by atoms with Crippen LogP contribution in [0.5, 0.6) is 0 Å². The van der Waals surface area contributed by atoms with Crippen LogP contribution < -0.4 is 4.90 Å². The molecule has 1 aromatic carbocycles. The zero-order chi connectivity index (χ0) is 19.0. The summed E-state index contributed by atoms with van der Waals surface area (Å²) in [5, 5.41) is 4.51. The number of hydrogen-bond donors (Lipinski definition) is 0. The molecule has 0 bridgehead atoms. The highest BCUT2D eigenvalue weighted by atomic mass is 16.2. The summed E-state index contributed by atoms with van der Waals surface area (Å²) in [5.41, 5.74) is 2.68. The van der Waals surface area contributed by atoms with Gasteiger partial charge in [0.15, 0.2) is 5.82 Å². The Labute approximate surface area is 158 Å². The third-order valence-electron chi connectivity index (χ3n) is 4.88. The molecule has 0 aliphatic carbocycles. The normalized spacial score (nSPS) is 14.1. The molecule has 1 aliphatic heterocycles. The van der Waals surface area contributed by atoms with Crippen molar-refractivity contribution < 1.29 is 4.79 Å². The topological polar surface area (TPSA) is 67.2 Å². The highest BCUT2D eigenvalue weighted by molar-refractivity contribution is 5.95. The fraction of sp³-hybridized carbons (Fsp3) is 0.300. The number of hydrogen-bond acceptors (Lipinski definition) is 5. The molecule has 0 spiro atoms. The van der Waals surface area contributed by atoms with E-state index >= 15 is 0 Å². The lowest BCUT2D eigenvalue weighted by molar-refractivity contribution is 0.0591. The molecule has 1 fully saturated rings. The second-order valence-electron chi connectivity index (χ2n) is 7.00. The minimum Gasteiger partial charge on any atom is -0.378 e. The molecule has 2 aromatic heterocycles. The minimum atomic E-state index is 0.0616. The molecule has 7 nitrogen and oxygen atoms in total. The highest BCUT2D eigenvalue weighted by Gasteiger charge is 2.35. The van der Waals surface area contributed by atoms with Gasteiger partial charge < -0.3 is 9.80 Å². The van der Waals surface area contributed by atoms with Crippen molar-refractivity contribution in [2.75, 3.05) is 32.1 Å². The first-order valence-electron chi connectivity index (χ1n) is 8.91. The Balaban J connectivity index is 1.46. The van der Waals surface area contributed by atoms with Crippen molar-refractivity contribution >= 4 is 11.6 Å². The van der Waals surface area contributed by atoms with Crippen LogP contribution in [0.15, 0.2) is 48.8 Å². The van der Waals surface area contributed by atoms with Gasteiger partial charge in [-0.05, 0) is 30.3 Å². The number of carbonyl (C=O) groups is 1. The van der Waals surface area contributed by atoms with Crippen molar-refractivity contribution in [2.24, 2.45) is 7.05 Å². The number of likely N-dealkylation sites (tertiary alicyclic amines) is 1. The molecule has 1 saturated heterocycles. The monoisotopic (exact) mass is 362 g/mol. The molecular weight excluding hydrogens is 340 g/mol. The molecule has 0 atom stereocenters. The van der Waals surface area contributed by atoms with Crippen LogP contribution in [-0.4, -0.2) is 57.7 Å². The molecule has 0 radical (unpaired) electrons. The van der Waals surface area contributed by atoms with Crippen LogP contribution in [0.4, 0.5) is 5.69 Å². The molecule has 0 unspecified atom stereocenters. The standard InChI is InChI=1S/C20H22N6O/c1-24(2)17-6-4-5-15(11-17)20(27)26-12-16(13-26)19-22-18(23-25(19)3)14-7-9-21-10-8-14/h4-11,16H,12-13H2,1-3H3. The van der Waals surface area contributed by atoms with Crippen LogP contribution in [0.1, 0.15) is 22.1 Å². The quantitative estimate of drug-likeness (QED) is 0.712. The minimum absolute atomic E-state index is 0.0616. The maximum atomic E-state index is 12.7. The van der Waals surface area contributed by atoms with Crippen LogP contribution in [0, 0.1) is 0 Å². The van der Waals surface area contributed by atoms with Gasteiger partial charge in [0.05, 0.1) is 5.92 Å². The third-order valence-corrected chi connectivity index (χ3v) is 4.88. The van der Waals surface area contributed by atoms with Crippen molar-refractivity contribution in [1.82, 2.24) is 24.6 Å². The number of carbonyl (C=O) groups excluding carboxylic acids is 1. The molecule has 0 saturated carbocycles. The van der Waals surface area contributed by atoms with Crippen LogP contribution in [0.25, 0.3) is 11.4 Å². The molecule has 138 valence electrons. The van der Waals surface area contributed by atoms with Gasteiger partial charge in [0, 0.05) is 63.4 Å². The lowest BCUT2D eigenvalue weighted by Gasteiger charge is -2.38. The summed E-state index contributed by atoms with van der Waals surface area (Å²) >= 11 is 0. The van der Waals surface area contributed by atoms with E-state index in [2.05, 4.69) is 15.1 Å². The molecule has 3 aromatic rings. The van der Waals surface area contributed by atoms with Crippen LogP contribution in [-0.2, 0) is 7.05 Å². The van der Waals surface area contributed by atoms with Gasteiger partial charge in [-0.25, -0.2) is 4.98 Å². The number of nitrogens with zero attached hydrogens (tertiary/aromatic N) is 6. The molecule has 27 heavy (non-hydrogen) atoms. The summed E-state index contributed by atoms with van der Waals surface area (Å²) < 4.78 is 1.81. The SMILES string of the molecule is CN(C)c1cccc(C(=O)N2CC(c3nc(-c4ccncc4)nn3C)C2)c1. The van der Waals surface area contributed by atoms with Gasteiger partial charge in [-0.2, -0.15) is 5.10 Å². The van der Waals surface area contributed by atoms with E-state index in [0.717, 1.165) is 22.6 Å². The van der Waals surface area contributed by atoms with E-state index in [1.165, 1.54) is 0 Å². The Hall–Kier alpha value is -3.22. The Bertz CT molecular complexity index is 960.